The van der Waals surface area contributed by atoms with Crippen molar-refractivity contribution in [2.45, 2.75) is 23.5 Å². The van der Waals surface area contributed by atoms with E-state index >= 15 is 0 Å². The van der Waals surface area contributed by atoms with E-state index in [0.717, 1.165) is 18.4 Å². The van der Waals surface area contributed by atoms with Gasteiger partial charge in [0.1, 0.15) is 0 Å². The molecule has 146 valence electrons. The van der Waals surface area contributed by atoms with Crippen molar-refractivity contribution in [3.8, 4) is 6.07 Å². The van der Waals surface area contributed by atoms with Gasteiger partial charge >= 0.3 is 0 Å². The van der Waals surface area contributed by atoms with Gasteiger partial charge in [0.2, 0.25) is 15.9 Å². The third-order valence-corrected chi connectivity index (χ3v) is 7.33. The Labute approximate surface area is 169 Å². The third-order valence-electron chi connectivity index (χ3n) is 4.45. The Bertz CT molecular complexity index is 994. The normalized spacial score (nSPS) is 14.5. The van der Waals surface area contributed by atoms with Crippen LogP contribution in [0.2, 0.25) is 0 Å². The highest BCUT2D eigenvalue weighted by Gasteiger charge is 2.27. The maximum absolute atomic E-state index is 12.6. The second kappa shape index (κ2) is 9.24. The molecule has 0 atom stereocenters. The van der Waals surface area contributed by atoms with E-state index in [2.05, 4.69) is 11.4 Å². The molecule has 0 aliphatic carbocycles. The van der Waals surface area contributed by atoms with Crippen molar-refractivity contribution in [1.82, 2.24) is 4.31 Å². The second-order valence-corrected chi connectivity index (χ2v) is 9.37. The fourth-order valence-corrected chi connectivity index (χ4v) is 5.41. The summed E-state index contributed by atoms with van der Waals surface area (Å²) in [5.41, 5.74) is 1.96. The van der Waals surface area contributed by atoms with Gasteiger partial charge in [0.05, 0.1) is 22.3 Å². The zero-order valence-corrected chi connectivity index (χ0v) is 16.9. The molecule has 0 radical (unpaired) electrons. The lowest BCUT2D eigenvalue weighted by molar-refractivity contribution is -0.113. The number of carbonyl (C=O) groups excluding carboxylic acids is 1. The molecule has 0 bridgehead atoms. The van der Waals surface area contributed by atoms with Crippen LogP contribution in [0.5, 0.6) is 0 Å². The Balaban J connectivity index is 1.58. The fourth-order valence-electron chi connectivity index (χ4n) is 3.02. The molecule has 1 heterocycles. The van der Waals surface area contributed by atoms with Crippen LogP contribution >= 0.6 is 11.8 Å². The van der Waals surface area contributed by atoms with Crippen LogP contribution in [0.15, 0.2) is 53.4 Å². The van der Waals surface area contributed by atoms with E-state index in [-0.39, 0.29) is 16.6 Å². The molecule has 0 spiro atoms. The zero-order valence-electron chi connectivity index (χ0n) is 15.3. The smallest absolute Gasteiger partial charge is 0.243 e. The Morgan fingerprint density at radius 2 is 1.89 bits per heavy atom. The molecule has 2 aromatic carbocycles. The minimum absolute atomic E-state index is 0.197. The summed E-state index contributed by atoms with van der Waals surface area (Å²) >= 11 is 1.40. The number of nitrogens with zero attached hydrogens (tertiary/aromatic N) is 2. The first-order valence-electron chi connectivity index (χ1n) is 8.96. The van der Waals surface area contributed by atoms with Crippen LogP contribution in [0.25, 0.3) is 0 Å². The summed E-state index contributed by atoms with van der Waals surface area (Å²) in [7, 11) is -3.51. The van der Waals surface area contributed by atoms with E-state index in [0.29, 0.717) is 30.1 Å². The summed E-state index contributed by atoms with van der Waals surface area (Å²) in [6.07, 6.45) is 1.75. The van der Waals surface area contributed by atoms with Crippen LogP contribution in [0, 0.1) is 11.3 Å². The lowest BCUT2D eigenvalue weighted by Crippen LogP contribution is -2.28. The molecule has 28 heavy (non-hydrogen) atoms. The summed E-state index contributed by atoms with van der Waals surface area (Å²) in [5, 5.41) is 11.9. The second-order valence-electron chi connectivity index (χ2n) is 6.45. The van der Waals surface area contributed by atoms with Crippen molar-refractivity contribution in [3.63, 3.8) is 0 Å². The van der Waals surface area contributed by atoms with Crippen LogP contribution in [-0.2, 0) is 20.6 Å². The van der Waals surface area contributed by atoms with Crippen LogP contribution in [0.4, 0.5) is 5.69 Å². The predicted octanol–water partition coefficient (Wildman–Crippen LogP) is 3.21. The highest BCUT2D eigenvalue weighted by molar-refractivity contribution is 7.99. The highest BCUT2D eigenvalue weighted by Crippen LogP contribution is 2.23. The van der Waals surface area contributed by atoms with Gasteiger partial charge in [-0.15, -0.1) is 11.8 Å². The number of sulfonamides is 1. The molecule has 1 amide bonds. The minimum atomic E-state index is -3.51. The number of anilines is 1. The first-order chi connectivity index (χ1) is 13.5. The van der Waals surface area contributed by atoms with Crippen molar-refractivity contribution in [2.75, 3.05) is 24.2 Å². The SMILES string of the molecule is N#Cc1ccccc1CSCC(=O)Nc1cccc(S(=O)(=O)N2CCCC2)c1. The fraction of sp³-hybridized carbons (Fsp3) is 0.300. The summed E-state index contributed by atoms with van der Waals surface area (Å²) in [5.74, 6) is 0.554. The van der Waals surface area contributed by atoms with Gasteiger partial charge in [-0.25, -0.2) is 8.42 Å². The zero-order chi connectivity index (χ0) is 20.0. The average molecular weight is 416 g/mol. The monoisotopic (exact) mass is 415 g/mol. The average Bonchev–Trinajstić information content (AvgIpc) is 3.24. The quantitative estimate of drug-likeness (QED) is 0.750. The van der Waals surface area contributed by atoms with E-state index in [1.165, 1.54) is 22.1 Å². The molecule has 8 heteroatoms. The number of thioether (sulfide) groups is 1. The van der Waals surface area contributed by atoms with E-state index < -0.39 is 10.0 Å². The van der Waals surface area contributed by atoms with Gasteiger partial charge in [0.15, 0.2) is 0 Å². The van der Waals surface area contributed by atoms with E-state index in [4.69, 9.17) is 5.26 Å². The van der Waals surface area contributed by atoms with Crippen molar-refractivity contribution in [1.29, 1.82) is 5.26 Å². The molecule has 2 aromatic rings. The van der Waals surface area contributed by atoms with Gasteiger partial charge in [-0.3, -0.25) is 4.79 Å². The Kier molecular flexibility index (Phi) is 6.73. The lowest BCUT2D eigenvalue weighted by Gasteiger charge is -2.16. The van der Waals surface area contributed by atoms with Gasteiger partial charge in [-0.2, -0.15) is 9.57 Å². The predicted molar refractivity (Wildman–Crippen MR) is 110 cm³/mol. The molecule has 1 aliphatic heterocycles. The summed E-state index contributed by atoms with van der Waals surface area (Å²) in [4.78, 5) is 12.4. The maximum atomic E-state index is 12.6. The summed E-state index contributed by atoms with van der Waals surface area (Å²) in [6, 6.07) is 15.8. The van der Waals surface area contributed by atoms with E-state index in [9.17, 15) is 13.2 Å². The summed E-state index contributed by atoms with van der Waals surface area (Å²) < 4.78 is 26.8. The molecule has 6 nitrogen and oxygen atoms in total. The first-order valence-corrected chi connectivity index (χ1v) is 11.6. The maximum Gasteiger partial charge on any atom is 0.243 e. The van der Waals surface area contributed by atoms with Gasteiger partial charge in [-0.1, -0.05) is 24.3 Å². The molecule has 1 N–H and O–H groups in total. The standard InChI is InChI=1S/C20H21N3O3S2/c21-13-16-6-1-2-7-17(16)14-27-15-20(24)22-18-8-5-9-19(12-18)28(25,26)23-10-3-4-11-23/h1-2,5-9,12H,3-4,10-11,14-15H2,(H,22,24). The number of benzene rings is 2. The molecular weight excluding hydrogens is 394 g/mol. The number of carbonyl (C=O) groups is 1. The summed E-state index contributed by atoms with van der Waals surface area (Å²) in [6.45, 7) is 1.08. The molecular formula is C20H21N3O3S2. The van der Waals surface area contributed by atoms with Crippen LogP contribution in [0.3, 0.4) is 0 Å². The van der Waals surface area contributed by atoms with E-state index in [1.54, 1.807) is 24.3 Å². The number of nitriles is 1. The third kappa shape index (κ3) is 4.93. The van der Waals surface area contributed by atoms with Crippen LogP contribution in [-0.4, -0.2) is 37.5 Å². The first kappa shape index (κ1) is 20.4. The molecule has 0 unspecified atom stereocenters. The molecule has 0 saturated carbocycles. The molecule has 3 rings (SSSR count). The molecule has 0 aromatic heterocycles. The van der Waals surface area contributed by atoms with Gasteiger partial charge in [0, 0.05) is 24.5 Å². The largest absolute Gasteiger partial charge is 0.325 e. The van der Waals surface area contributed by atoms with Crippen LogP contribution < -0.4 is 5.32 Å². The molecule has 1 aliphatic rings. The lowest BCUT2D eigenvalue weighted by atomic mass is 10.1. The minimum Gasteiger partial charge on any atom is -0.325 e. The van der Waals surface area contributed by atoms with Crippen molar-refractivity contribution >= 4 is 33.4 Å². The number of amides is 1. The van der Waals surface area contributed by atoms with Crippen molar-refractivity contribution < 1.29 is 13.2 Å². The Morgan fingerprint density at radius 3 is 2.64 bits per heavy atom. The van der Waals surface area contributed by atoms with Gasteiger partial charge in [0.25, 0.3) is 0 Å². The molecule has 1 fully saturated rings. The number of hydrogen-bond acceptors (Lipinski definition) is 5. The Morgan fingerprint density at radius 1 is 1.14 bits per heavy atom. The number of rotatable bonds is 7. The number of nitrogens with one attached hydrogen (secondary N) is 1. The Hall–Kier alpha value is -2.34. The van der Waals surface area contributed by atoms with E-state index in [1.807, 2.05) is 18.2 Å². The van der Waals surface area contributed by atoms with Crippen molar-refractivity contribution in [2.24, 2.45) is 0 Å². The van der Waals surface area contributed by atoms with Gasteiger partial charge < -0.3 is 5.32 Å². The van der Waals surface area contributed by atoms with Crippen LogP contribution in [0.1, 0.15) is 24.0 Å². The highest BCUT2D eigenvalue weighted by atomic mass is 32.2. The number of hydrogen-bond donors (Lipinski definition) is 1. The topological polar surface area (TPSA) is 90.3 Å². The van der Waals surface area contributed by atoms with Gasteiger partial charge in [-0.05, 0) is 42.7 Å². The van der Waals surface area contributed by atoms with Crippen molar-refractivity contribution in [3.05, 3.63) is 59.7 Å². The molecule has 1 saturated heterocycles.